The Kier molecular flexibility index (Phi) is 5.41. The summed E-state index contributed by atoms with van der Waals surface area (Å²) < 4.78 is 6.09. The second-order valence-corrected chi connectivity index (χ2v) is 6.68. The minimum Gasteiger partial charge on any atom is -0.489 e. The highest BCUT2D eigenvalue weighted by molar-refractivity contribution is 5.20. The Bertz CT molecular complexity index is 392. The second kappa shape index (κ2) is 7.07. The second-order valence-electron chi connectivity index (χ2n) is 6.68. The molecule has 0 spiro atoms. The summed E-state index contributed by atoms with van der Waals surface area (Å²) in [6.45, 7) is 9.75. The maximum Gasteiger partial charge on any atom is 0.138 e. The molecule has 3 heteroatoms. The van der Waals surface area contributed by atoms with E-state index in [-0.39, 0.29) is 0 Å². The first-order valence-electron chi connectivity index (χ1n) is 7.88. The van der Waals surface area contributed by atoms with Crippen molar-refractivity contribution in [2.75, 3.05) is 0 Å². The fourth-order valence-electron chi connectivity index (χ4n) is 3.06. The van der Waals surface area contributed by atoms with Crippen molar-refractivity contribution in [1.29, 1.82) is 0 Å². The van der Waals surface area contributed by atoms with Crippen molar-refractivity contribution in [3.63, 3.8) is 0 Å². The third-order valence-corrected chi connectivity index (χ3v) is 3.93. The number of hydrogen-bond donors (Lipinski definition) is 1. The van der Waals surface area contributed by atoms with Gasteiger partial charge in [0.2, 0.25) is 0 Å². The first kappa shape index (κ1) is 15.3. The van der Waals surface area contributed by atoms with E-state index in [1.165, 1.54) is 19.3 Å². The van der Waals surface area contributed by atoms with Gasteiger partial charge in [0.15, 0.2) is 0 Å². The Labute approximate surface area is 123 Å². The van der Waals surface area contributed by atoms with Gasteiger partial charge in [-0.25, -0.2) is 0 Å². The first-order chi connectivity index (χ1) is 9.52. The van der Waals surface area contributed by atoms with Crippen LogP contribution in [-0.2, 0) is 6.54 Å². The van der Waals surface area contributed by atoms with Crippen LogP contribution in [0.3, 0.4) is 0 Å². The zero-order chi connectivity index (χ0) is 14.5. The van der Waals surface area contributed by atoms with Crippen LogP contribution in [0, 0.1) is 11.8 Å². The van der Waals surface area contributed by atoms with Crippen LogP contribution >= 0.6 is 0 Å². The van der Waals surface area contributed by atoms with Crippen molar-refractivity contribution in [1.82, 2.24) is 10.3 Å². The normalized spacial score (nSPS) is 26.8. The Morgan fingerprint density at radius 3 is 2.45 bits per heavy atom. The van der Waals surface area contributed by atoms with Gasteiger partial charge >= 0.3 is 0 Å². The van der Waals surface area contributed by atoms with E-state index in [0.717, 1.165) is 29.8 Å². The molecule has 1 N–H and O–H groups in total. The van der Waals surface area contributed by atoms with Crippen LogP contribution < -0.4 is 10.1 Å². The molecule has 1 aromatic heterocycles. The summed E-state index contributed by atoms with van der Waals surface area (Å²) in [4.78, 5) is 4.47. The van der Waals surface area contributed by atoms with E-state index < -0.39 is 0 Å². The summed E-state index contributed by atoms with van der Waals surface area (Å²) in [6.07, 6.45) is 5.89. The first-order valence-corrected chi connectivity index (χ1v) is 7.88. The Hall–Kier alpha value is -1.09. The predicted octanol–water partition coefficient (Wildman–Crippen LogP) is 3.78. The van der Waals surface area contributed by atoms with E-state index in [1.54, 1.807) is 0 Å². The largest absolute Gasteiger partial charge is 0.489 e. The molecule has 1 heterocycles. The lowest BCUT2D eigenvalue weighted by Gasteiger charge is -2.31. The molecule has 2 atom stereocenters. The Morgan fingerprint density at radius 1 is 1.20 bits per heavy atom. The van der Waals surface area contributed by atoms with E-state index in [9.17, 15) is 0 Å². The number of nitrogens with zero attached hydrogens (tertiary/aromatic N) is 1. The number of hydrogen-bond acceptors (Lipinski definition) is 3. The Morgan fingerprint density at radius 2 is 1.90 bits per heavy atom. The van der Waals surface area contributed by atoms with Crippen LogP contribution in [0.5, 0.6) is 5.75 Å². The zero-order valence-corrected chi connectivity index (χ0v) is 13.2. The molecule has 1 aliphatic rings. The van der Waals surface area contributed by atoms with Gasteiger partial charge in [0, 0.05) is 12.6 Å². The number of pyridine rings is 1. The SMILES string of the molecule is CC1CC(C)CC(Oc2ccc(CNC(C)C)nc2)C1. The van der Waals surface area contributed by atoms with E-state index in [1.807, 2.05) is 12.3 Å². The van der Waals surface area contributed by atoms with Crippen molar-refractivity contribution in [2.45, 2.75) is 65.6 Å². The quantitative estimate of drug-likeness (QED) is 0.888. The number of ether oxygens (including phenoxy) is 1. The topological polar surface area (TPSA) is 34.1 Å². The van der Waals surface area contributed by atoms with Crippen LogP contribution in [0.4, 0.5) is 0 Å². The van der Waals surface area contributed by atoms with Crippen LogP contribution in [-0.4, -0.2) is 17.1 Å². The standard InChI is InChI=1S/C17H28N2O/c1-12(2)18-10-15-5-6-16(11-19-15)20-17-8-13(3)7-14(4)9-17/h5-6,11-14,17-18H,7-10H2,1-4H3. The molecule has 3 nitrogen and oxygen atoms in total. The van der Waals surface area contributed by atoms with Crippen LogP contribution in [0.15, 0.2) is 18.3 Å². The van der Waals surface area contributed by atoms with Gasteiger partial charge in [-0.1, -0.05) is 27.7 Å². The molecule has 0 saturated heterocycles. The number of aromatic nitrogens is 1. The summed E-state index contributed by atoms with van der Waals surface area (Å²) in [7, 11) is 0. The predicted molar refractivity (Wildman–Crippen MR) is 82.8 cm³/mol. The summed E-state index contributed by atoms with van der Waals surface area (Å²) >= 11 is 0. The van der Waals surface area contributed by atoms with Crippen LogP contribution in [0.25, 0.3) is 0 Å². The lowest BCUT2D eigenvalue weighted by Crippen LogP contribution is -2.28. The molecule has 0 aromatic carbocycles. The molecule has 0 radical (unpaired) electrons. The third-order valence-electron chi connectivity index (χ3n) is 3.93. The van der Waals surface area contributed by atoms with Gasteiger partial charge in [-0.05, 0) is 43.2 Å². The molecule has 1 aromatic rings. The van der Waals surface area contributed by atoms with E-state index in [4.69, 9.17) is 4.74 Å². The number of nitrogens with one attached hydrogen (secondary N) is 1. The monoisotopic (exact) mass is 276 g/mol. The molecule has 0 bridgehead atoms. The highest BCUT2D eigenvalue weighted by Crippen LogP contribution is 2.31. The van der Waals surface area contributed by atoms with E-state index >= 15 is 0 Å². The van der Waals surface area contributed by atoms with Crippen molar-refractivity contribution in [3.8, 4) is 5.75 Å². The fraction of sp³-hybridized carbons (Fsp3) is 0.706. The average Bonchev–Trinajstić information content (AvgIpc) is 2.36. The summed E-state index contributed by atoms with van der Waals surface area (Å²) in [6, 6.07) is 4.59. The minimum absolute atomic E-state index is 0.357. The summed E-state index contributed by atoms with van der Waals surface area (Å²) in [5.41, 5.74) is 1.07. The third kappa shape index (κ3) is 4.78. The van der Waals surface area contributed by atoms with E-state index in [2.05, 4.69) is 44.1 Å². The molecule has 2 unspecified atom stereocenters. The van der Waals surface area contributed by atoms with Crippen molar-refractivity contribution in [2.24, 2.45) is 11.8 Å². The van der Waals surface area contributed by atoms with Crippen LogP contribution in [0.2, 0.25) is 0 Å². The molecule has 20 heavy (non-hydrogen) atoms. The maximum atomic E-state index is 6.09. The van der Waals surface area contributed by atoms with Gasteiger partial charge in [-0.15, -0.1) is 0 Å². The summed E-state index contributed by atoms with van der Waals surface area (Å²) in [5, 5.41) is 3.37. The highest BCUT2D eigenvalue weighted by Gasteiger charge is 2.25. The smallest absolute Gasteiger partial charge is 0.138 e. The fourth-order valence-corrected chi connectivity index (χ4v) is 3.06. The van der Waals surface area contributed by atoms with Gasteiger partial charge in [0.25, 0.3) is 0 Å². The van der Waals surface area contributed by atoms with Gasteiger partial charge in [0.1, 0.15) is 5.75 Å². The minimum atomic E-state index is 0.357. The molecule has 2 rings (SSSR count). The van der Waals surface area contributed by atoms with Gasteiger partial charge < -0.3 is 10.1 Å². The number of rotatable bonds is 5. The van der Waals surface area contributed by atoms with E-state index in [0.29, 0.717) is 12.1 Å². The molecular weight excluding hydrogens is 248 g/mol. The zero-order valence-electron chi connectivity index (χ0n) is 13.2. The lowest BCUT2D eigenvalue weighted by atomic mass is 9.82. The molecule has 0 aliphatic heterocycles. The van der Waals surface area contributed by atoms with Crippen LogP contribution in [0.1, 0.15) is 52.7 Å². The molecule has 0 amide bonds. The molecule has 1 saturated carbocycles. The molecule has 1 fully saturated rings. The molecule has 1 aliphatic carbocycles. The molecule has 112 valence electrons. The average molecular weight is 276 g/mol. The highest BCUT2D eigenvalue weighted by atomic mass is 16.5. The van der Waals surface area contributed by atoms with Crippen molar-refractivity contribution in [3.05, 3.63) is 24.0 Å². The summed E-state index contributed by atoms with van der Waals surface area (Å²) in [5.74, 6) is 2.45. The maximum absolute atomic E-state index is 6.09. The van der Waals surface area contributed by atoms with Gasteiger partial charge in [-0.3, -0.25) is 4.98 Å². The van der Waals surface area contributed by atoms with Gasteiger partial charge in [0.05, 0.1) is 18.0 Å². The molecular formula is C17H28N2O. The van der Waals surface area contributed by atoms with Crippen molar-refractivity contribution >= 4 is 0 Å². The Balaban J connectivity index is 1.87. The lowest BCUT2D eigenvalue weighted by molar-refractivity contribution is 0.101. The van der Waals surface area contributed by atoms with Crippen molar-refractivity contribution < 1.29 is 4.74 Å². The van der Waals surface area contributed by atoms with Gasteiger partial charge in [-0.2, -0.15) is 0 Å².